The Morgan fingerprint density at radius 2 is 2.02 bits per heavy atom. The molecule has 3 heterocycles. The van der Waals surface area contributed by atoms with Gasteiger partial charge >= 0.3 is 0 Å². The van der Waals surface area contributed by atoms with Gasteiger partial charge in [-0.05, 0) is 25.0 Å². The number of likely N-dealkylation sites (N-methyl/N-ethyl adjacent to an activating group) is 1. The zero-order chi connectivity index (χ0) is 28.6. The van der Waals surface area contributed by atoms with E-state index in [4.69, 9.17) is 11.6 Å². The molecule has 0 spiro atoms. The molecule has 1 saturated carbocycles. The highest BCUT2D eigenvalue weighted by atomic mass is 35.5. The Balaban J connectivity index is 1.49. The highest BCUT2D eigenvalue weighted by Gasteiger charge is 2.35. The normalized spacial score (nSPS) is 17.5. The summed E-state index contributed by atoms with van der Waals surface area (Å²) in [5.74, 6) is 0.271. The number of rotatable bonds is 8. The fourth-order valence-corrected chi connectivity index (χ4v) is 4.89. The summed E-state index contributed by atoms with van der Waals surface area (Å²) in [5.41, 5.74) is 1.70. The lowest BCUT2D eigenvalue weighted by Crippen LogP contribution is -2.59. The number of amides is 1. The summed E-state index contributed by atoms with van der Waals surface area (Å²) in [4.78, 5) is 26.4. The Bertz CT molecular complexity index is 1530. The van der Waals surface area contributed by atoms with Crippen molar-refractivity contribution in [2.75, 3.05) is 55.8 Å². The van der Waals surface area contributed by atoms with E-state index in [1.54, 1.807) is 26.2 Å². The third-order valence-corrected chi connectivity index (χ3v) is 7.15. The second-order valence-corrected chi connectivity index (χ2v) is 10.2. The lowest BCUT2D eigenvalue weighted by Gasteiger charge is -2.42. The molecule has 1 unspecified atom stereocenters. The molecule has 12 nitrogen and oxygen atoms in total. The first-order valence-corrected chi connectivity index (χ1v) is 13.0. The van der Waals surface area contributed by atoms with Crippen LogP contribution in [0.3, 0.4) is 0 Å². The Kier molecular flexibility index (Phi) is 7.56. The van der Waals surface area contributed by atoms with Crippen LogP contribution in [0.4, 0.5) is 31.9 Å². The van der Waals surface area contributed by atoms with Crippen molar-refractivity contribution in [1.29, 1.82) is 10.5 Å². The average Bonchev–Trinajstić information content (AvgIpc) is 3.65. The molecular formula is C25H26ClF2N11O. The van der Waals surface area contributed by atoms with Crippen molar-refractivity contribution in [3.8, 4) is 12.1 Å². The first-order chi connectivity index (χ1) is 19.2. The third kappa shape index (κ3) is 5.54. The second-order valence-electron chi connectivity index (χ2n) is 9.87. The van der Waals surface area contributed by atoms with Gasteiger partial charge in [0, 0.05) is 39.8 Å². The quantitative estimate of drug-likeness (QED) is 0.416. The van der Waals surface area contributed by atoms with Crippen molar-refractivity contribution in [3.63, 3.8) is 0 Å². The predicted molar refractivity (Wildman–Crippen MR) is 144 cm³/mol. The molecule has 1 aromatic carbocycles. The van der Waals surface area contributed by atoms with Gasteiger partial charge in [0.15, 0.2) is 17.2 Å². The molecule has 1 aliphatic carbocycles. The van der Waals surface area contributed by atoms with Crippen LogP contribution >= 0.6 is 11.6 Å². The molecule has 2 N–H and O–H groups in total. The first kappa shape index (κ1) is 27.3. The van der Waals surface area contributed by atoms with E-state index in [-0.39, 0.29) is 47.3 Å². The number of imidazole rings is 1. The maximum absolute atomic E-state index is 13.2. The number of halogens is 3. The Morgan fingerprint density at radius 1 is 1.25 bits per heavy atom. The van der Waals surface area contributed by atoms with E-state index in [1.165, 1.54) is 20.5 Å². The molecule has 1 amide bonds. The summed E-state index contributed by atoms with van der Waals surface area (Å²) >= 11 is 6.84. The lowest BCUT2D eigenvalue weighted by molar-refractivity contribution is -0.135. The van der Waals surface area contributed by atoms with E-state index in [0.29, 0.717) is 29.4 Å². The number of fused-ring (bicyclic) bond motifs is 1. The molecular weight excluding hydrogens is 544 g/mol. The number of nitriles is 2. The van der Waals surface area contributed by atoms with Crippen LogP contribution in [0, 0.1) is 22.7 Å². The number of anilines is 4. The van der Waals surface area contributed by atoms with Gasteiger partial charge in [0.05, 0.1) is 40.8 Å². The maximum atomic E-state index is 13.2. The van der Waals surface area contributed by atoms with Gasteiger partial charge in [-0.3, -0.25) is 9.69 Å². The molecule has 1 atom stereocenters. The second kappa shape index (κ2) is 11.1. The van der Waals surface area contributed by atoms with Crippen LogP contribution in [0.1, 0.15) is 24.1 Å². The van der Waals surface area contributed by atoms with Crippen molar-refractivity contribution in [3.05, 3.63) is 34.6 Å². The molecule has 0 radical (unpaired) electrons. The molecule has 1 aliphatic heterocycles. The zero-order valence-corrected chi connectivity index (χ0v) is 22.5. The number of carbonyl (C=O) groups is 1. The van der Waals surface area contributed by atoms with E-state index < -0.39 is 19.0 Å². The van der Waals surface area contributed by atoms with Crippen LogP contribution in [0.5, 0.6) is 0 Å². The molecule has 2 aromatic heterocycles. The van der Waals surface area contributed by atoms with Gasteiger partial charge in [-0.1, -0.05) is 11.6 Å². The van der Waals surface area contributed by atoms with Crippen molar-refractivity contribution in [1.82, 2.24) is 29.4 Å². The summed E-state index contributed by atoms with van der Waals surface area (Å²) < 4.78 is 27.9. The van der Waals surface area contributed by atoms with Crippen molar-refractivity contribution >= 4 is 46.3 Å². The largest absolute Gasteiger partial charge is 0.367 e. The molecule has 0 bridgehead atoms. The van der Waals surface area contributed by atoms with E-state index >= 15 is 0 Å². The number of aromatic nitrogens is 4. The van der Waals surface area contributed by atoms with Gasteiger partial charge in [0.25, 0.3) is 6.43 Å². The van der Waals surface area contributed by atoms with Crippen molar-refractivity contribution in [2.45, 2.75) is 31.4 Å². The monoisotopic (exact) mass is 569 g/mol. The number of piperazine rings is 1. The fraction of sp³-hybridized carbons (Fsp3) is 0.440. The molecule has 2 aliphatic rings. The minimum Gasteiger partial charge on any atom is -0.367 e. The number of benzene rings is 1. The van der Waals surface area contributed by atoms with Gasteiger partial charge < -0.3 is 20.4 Å². The Morgan fingerprint density at radius 3 is 2.67 bits per heavy atom. The highest BCUT2D eigenvalue weighted by Crippen LogP contribution is 2.37. The topological polar surface area (TPSA) is 142 Å². The van der Waals surface area contributed by atoms with Crippen molar-refractivity contribution < 1.29 is 13.6 Å². The number of alkyl halides is 2. The van der Waals surface area contributed by atoms with Crippen LogP contribution < -0.4 is 15.5 Å². The number of nitrogens with zero attached hydrogens (tertiary/aromatic N) is 9. The number of hydrogen-bond acceptors (Lipinski definition) is 10. The van der Waals surface area contributed by atoms with E-state index in [0.717, 1.165) is 12.8 Å². The summed E-state index contributed by atoms with van der Waals surface area (Å²) in [5, 5.41) is 30.3. The molecule has 5 rings (SSSR count). The molecule has 2 fully saturated rings. The number of carbonyl (C=O) groups excluding carboxylic acids is 1. The van der Waals surface area contributed by atoms with E-state index in [1.807, 2.05) is 4.90 Å². The van der Waals surface area contributed by atoms with Crippen molar-refractivity contribution in [2.24, 2.45) is 0 Å². The average molecular weight is 570 g/mol. The molecule has 3 aromatic rings. The molecule has 1 saturated heterocycles. The number of hydrogen-bond donors (Lipinski definition) is 2. The summed E-state index contributed by atoms with van der Waals surface area (Å²) in [6.07, 6.45) is 0.809. The van der Waals surface area contributed by atoms with Gasteiger partial charge in [0.2, 0.25) is 11.9 Å². The fourth-order valence-electron chi connectivity index (χ4n) is 4.61. The Labute approximate surface area is 233 Å². The Hall–Kier alpha value is -4.27. The van der Waals surface area contributed by atoms with Crippen LogP contribution in [0.2, 0.25) is 5.02 Å². The van der Waals surface area contributed by atoms with Gasteiger partial charge in [-0.2, -0.15) is 20.0 Å². The lowest BCUT2D eigenvalue weighted by atomic mass is 10.1. The zero-order valence-electron chi connectivity index (χ0n) is 21.8. The molecule has 208 valence electrons. The smallest absolute Gasteiger partial charge is 0.251 e. The summed E-state index contributed by atoms with van der Waals surface area (Å²) in [7, 11) is 3.16. The minimum atomic E-state index is -2.58. The van der Waals surface area contributed by atoms with Gasteiger partial charge in [-0.25, -0.2) is 13.8 Å². The van der Waals surface area contributed by atoms with E-state index in [2.05, 4.69) is 37.8 Å². The van der Waals surface area contributed by atoms with Crippen LogP contribution in [-0.4, -0.2) is 94.1 Å². The van der Waals surface area contributed by atoms with Gasteiger partial charge in [-0.15, -0.1) is 5.10 Å². The highest BCUT2D eigenvalue weighted by molar-refractivity contribution is 6.36. The first-order valence-electron chi connectivity index (χ1n) is 12.6. The third-order valence-electron chi connectivity index (χ3n) is 6.75. The SMILES string of the molecule is CN(C)C(=O)C1CN(c2cc(C#N)cc(Nc3nc(NC4CC4)c4ncc(C#N)n4n3)c2Cl)CCN1CC(F)F. The summed E-state index contributed by atoms with van der Waals surface area (Å²) in [6, 6.07) is 6.75. The van der Waals surface area contributed by atoms with Crippen LogP contribution in [0.15, 0.2) is 18.3 Å². The number of nitrogens with one attached hydrogen (secondary N) is 2. The molecule has 40 heavy (non-hydrogen) atoms. The standard InChI is InChI=1S/C25H26ClF2N11O/c1-36(2)24(40)19-12-37(5-6-38(19)13-20(27)28)18-8-14(9-29)7-17(21(18)26)33-25-34-22(32-15-3-4-15)23-31-11-16(10-30)39(23)35-25/h7-8,11,15,19-20H,3-6,12-13H2,1-2H3,(H2,32,33,34,35). The predicted octanol–water partition coefficient (Wildman–Crippen LogP) is 2.68. The summed E-state index contributed by atoms with van der Waals surface area (Å²) in [6.45, 7) is 0.109. The molecule has 15 heteroatoms. The van der Waals surface area contributed by atoms with E-state index in [9.17, 15) is 24.1 Å². The van der Waals surface area contributed by atoms with Gasteiger partial charge in [0.1, 0.15) is 12.1 Å². The van der Waals surface area contributed by atoms with Crippen LogP contribution in [0.25, 0.3) is 5.65 Å². The minimum absolute atomic E-state index is 0.107. The maximum Gasteiger partial charge on any atom is 0.251 e. The van der Waals surface area contributed by atoms with Crippen LogP contribution in [-0.2, 0) is 4.79 Å².